The molecule has 2 rings (SSSR count). The van der Waals surface area contributed by atoms with Crippen LogP contribution in [0.15, 0.2) is 35.1 Å². The Morgan fingerprint density at radius 3 is 2.32 bits per heavy atom. The fraction of sp³-hybridized carbons (Fsp3) is 0.200. The van der Waals surface area contributed by atoms with E-state index < -0.39 is 0 Å². The third kappa shape index (κ3) is 2.36. The lowest BCUT2D eigenvalue weighted by molar-refractivity contribution is 0.412. The van der Waals surface area contributed by atoms with Crippen LogP contribution in [0.2, 0.25) is 0 Å². The lowest BCUT2D eigenvalue weighted by atomic mass is 10.1. The van der Waals surface area contributed by atoms with E-state index in [1.165, 1.54) is 0 Å². The lowest BCUT2D eigenvalue weighted by Crippen LogP contribution is -2.12. The number of nitriles is 1. The molecule has 0 amide bonds. The molecule has 0 aliphatic carbocycles. The predicted octanol–water partition coefficient (Wildman–Crippen LogP) is 2.33. The number of rotatable bonds is 2. The highest BCUT2D eigenvalue weighted by atomic mass is 16.5. The number of methoxy groups -OCH3 is 1. The fourth-order valence-corrected chi connectivity index (χ4v) is 2.17. The minimum atomic E-state index is -0.0149. The van der Waals surface area contributed by atoms with Crippen LogP contribution < -0.4 is 10.2 Å². The van der Waals surface area contributed by atoms with E-state index in [0.29, 0.717) is 11.3 Å². The maximum atomic E-state index is 11.5. The van der Waals surface area contributed by atoms with E-state index in [1.54, 1.807) is 31.4 Å². The van der Waals surface area contributed by atoms with Crippen LogP contribution in [-0.4, -0.2) is 11.7 Å². The van der Waals surface area contributed by atoms with Crippen molar-refractivity contribution in [3.63, 3.8) is 0 Å². The first-order valence-corrected chi connectivity index (χ1v) is 5.85. The van der Waals surface area contributed by atoms with Gasteiger partial charge in [-0.25, -0.2) is 0 Å². The second kappa shape index (κ2) is 4.99. The molecule has 0 saturated carbocycles. The highest BCUT2D eigenvalue weighted by molar-refractivity contribution is 5.53. The van der Waals surface area contributed by atoms with Gasteiger partial charge in [0.1, 0.15) is 5.75 Å². The first-order chi connectivity index (χ1) is 9.06. The van der Waals surface area contributed by atoms with Crippen molar-refractivity contribution in [1.82, 2.24) is 4.57 Å². The maximum absolute atomic E-state index is 11.5. The molecule has 96 valence electrons. The van der Waals surface area contributed by atoms with Crippen molar-refractivity contribution in [3.05, 3.63) is 57.5 Å². The second-order valence-electron chi connectivity index (χ2n) is 4.31. The molecule has 4 nitrogen and oxygen atoms in total. The number of aromatic nitrogens is 1. The Morgan fingerprint density at radius 2 is 1.79 bits per heavy atom. The molecule has 2 aromatic rings. The lowest BCUT2D eigenvalue weighted by Gasteiger charge is -2.17. The summed E-state index contributed by atoms with van der Waals surface area (Å²) in [6.07, 6.45) is 0. The van der Waals surface area contributed by atoms with Gasteiger partial charge in [-0.1, -0.05) is 0 Å². The van der Waals surface area contributed by atoms with E-state index in [1.807, 2.05) is 24.5 Å². The van der Waals surface area contributed by atoms with Gasteiger partial charge in [-0.15, -0.1) is 0 Å². The summed E-state index contributed by atoms with van der Waals surface area (Å²) in [6, 6.07) is 10.5. The van der Waals surface area contributed by atoms with Crippen LogP contribution in [-0.2, 0) is 0 Å². The molecule has 0 aliphatic heterocycles. The summed E-state index contributed by atoms with van der Waals surface area (Å²) >= 11 is 0. The van der Waals surface area contributed by atoms with Crippen molar-refractivity contribution < 1.29 is 4.74 Å². The van der Waals surface area contributed by atoms with Crippen LogP contribution in [0.3, 0.4) is 0 Å². The summed E-state index contributed by atoms with van der Waals surface area (Å²) in [6.45, 7) is 3.73. The minimum absolute atomic E-state index is 0.0149. The molecule has 0 aliphatic rings. The summed E-state index contributed by atoms with van der Waals surface area (Å²) < 4.78 is 7.26. The molecule has 0 radical (unpaired) electrons. The van der Waals surface area contributed by atoms with Crippen molar-refractivity contribution in [2.75, 3.05) is 7.11 Å². The van der Waals surface area contributed by atoms with E-state index >= 15 is 0 Å². The van der Waals surface area contributed by atoms with Crippen molar-refractivity contribution in [1.29, 1.82) is 5.26 Å². The van der Waals surface area contributed by atoms with Crippen LogP contribution in [0.4, 0.5) is 0 Å². The summed E-state index contributed by atoms with van der Waals surface area (Å²) in [5, 5.41) is 8.91. The number of hydrogen-bond donors (Lipinski definition) is 0. The van der Waals surface area contributed by atoms with Gasteiger partial charge < -0.3 is 9.30 Å². The van der Waals surface area contributed by atoms with Crippen LogP contribution in [0.1, 0.15) is 17.0 Å². The normalized spacial score (nSPS) is 10.0. The summed E-state index contributed by atoms with van der Waals surface area (Å²) in [5.74, 6) is 0.605. The number of nitrogens with zero attached hydrogens (tertiary/aromatic N) is 2. The molecule has 4 heteroatoms. The van der Waals surface area contributed by atoms with E-state index in [9.17, 15) is 4.79 Å². The Hall–Kier alpha value is -2.54. The van der Waals surface area contributed by atoms with E-state index in [2.05, 4.69) is 6.07 Å². The van der Waals surface area contributed by atoms with Gasteiger partial charge in [0.25, 0.3) is 0 Å². The average Bonchev–Trinajstić information content (AvgIpc) is 2.37. The van der Waals surface area contributed by atoms with Gasteiger partial charge in [0, 0.05) is 29.6 Å². The molecule has 1 heterocycles. The van der Waals surface area contributed by atoms with Gasteiger partial charge in [0.15, 0.2) is 5.43 Å². The Labute approximate surface area is 111 Å². The number of aryl methyl sites for hydroxylation is 2. The summed E-state index contributed by atoms with van der Waals surface area (Å²) in [5.41, 5.74) is 2.99. The monoisotopic (exact) mass is 254 g/mol. The standard InChI is InChI=1S/C15H14N2O2/c1-10-6-13(18)7-11(2)17(10)14-5-4-12(9-16)8-15(14)19-3/h4-8H,1-3H3. The third-order valence-corrected chi connectivity index (χ3v) is 2.96. The minimum Gasteiger partial charge on any atom is -0.495 e. The molecule has 1 aromatic carbocycles. The largest absolute Gasteiger partial charge is 0.495 e. The molecule has 0 saturated heterocycles. The zero-order chi connectivity index (χ0) is 14.0. The average molecular weight is 254 g/mol. The zero-order valence-electron chi connectivity index (χ0n) is 11.1. The number of benzene rings is 1. The van der Waals surface area contributed by atoms with Gasteiger partial charge in [0.05, 0.1) is 24.4 Å². The number of ether oxygens (including phenoxy) is 1. The number of hydrogen-bond acceptors (Lipinski definition) is 3. The molecule has 0 unspecified atom stereocenters. The van der Waals surface area contributed by atoms with Crippen LogP contribution >= 0.6 is 0 Å². The van der Waals surface area contributed by atoms with Crippen molar-refractivity contribution in [2.24, 2.45) is 0 Å². The molecular formula is C15H14N2O2. The molecule has 0 bridgehead atoms. The first-order valence-electron chi connectivity index (χ1n) is 5.85. The second-order valence-corrected chi connectivity index (χ2v) is 4.31. The predicted molar refractivity (Wildman–Crippen MR) is 72.8 cm³/mol. The Kier molecular flexibility index (Phi) is 3.39. The van der Waals surface area contributed by atoms with Crippen LogP contribution in [0.5, 0.6) is 5.75 Å². The molecular weight excluding hydrogens is 240 g/mol. The van der Waals surface area contributed by atoms with Gasteiger partial charge in [-0.3, -0.25) is 4.79 Å². The number of pyridine rings is 1. The molecule has 19 heavy (non-hydrogen) atoms. The van der Waals surface area contributed by atoms with Gasteiger partial charge >= 0.3 is 0 Å². The molecule has 1 aromatic heterocycles. The Bertz CT molecular complexity index is 698. The summed E-state index contributed by atoms with van der Waals surface area (Å²) in [7, 11) is 1.56. The van der Waals surface area contributed by atoms with E-state index in [4.69, 9.17) is 10.00 Å². The molecule has 0 atom stereocenters. The highest BCUT2D eigenvalue weighted by Crippen LogP contribution is 2.26. The van der Waals surface area contributed by atoms with E-state index in [-0.39, 0.29) is 5.43 Å². The van der Waals surface area contributed by atoms with Crippen LogP contribution in [0, 0.1) is 25.2 Å². The van der Waals surface area contributed by atoms with Gasteiger partial charge in [0.2, 0.25) is 0 Å². The van der Waals surface area contributed by atoms with Crippen LogP contribution in [0.25, 0.3) is 5.69 Å². The van der Waals surface area contributed by atoms with Crippen molar-refractivity contribution >= 4 is 0 Å². The van der Waals surface area contributed by atoms with E-state index in [0.717, 1.165) is 17.1 Å². The smallest absolute Gasteiger partial charge is 0.182 e. The third-order valence-electron chi connectivity index (χ3n) is 2.96. The van der Waals surface area contributed by atoms with Crippen molar-refractivity contribution in [2.45, 2.75) is 13.8 Å². The molecule has 0 spiro atoms. The zero-order valence-corrected chi connectivity index (χ0v) is 11.1. The Morgan fingerprint density at radius 1 is 1.16 bits per heavy atom. The molecule has 0 fully saturated rings. The highest BCUT2D eigenvalue weighted by Gasteiger charge is 2.10. The SMILES string of the molecule is COc1cc(C#N)ccc1-n1c(C)cc(=O)cc1C. The molecule has 0 N–H and O–H groups in total. The first kappa shape index (κ1) is 12.9. The quantitative estimate of drug-likeness (QED) is 0.826. The fourth-order valence-electron chi connectivity index (χ4n) is 2.17. The van der Waals surface area contributed by atoms with Crippen molar-refractivity contribution in [3.8, 4) is 17.5 Å². The maximum Gasteiger partial charge on any atom is 0.182 e. The Balaban J connectivity index is 2.73. The van der Waals surface area contributed by atoms with Gasteiger partial charge in [-0.2, -0.15) is 5.26 Å². The topological polar surface area (TPSA) is 55.0 Å². The van der Waals surface area contributed by atoms with Gasteiger partial charge in [-0.05, 0) is 26.0 Å². The summed E-state index contributed by atoms with van der Waals surface area (Å²) in [4.78, 5) is 11.5.